The molecule has 1 rings (SSSR count). The molecule has 1 N–H and O–H groups in total. The lowest BCUT2D eigenvalue weighted by Crippen LogP contribution is -2.53. The minimum absolute atomic E-state index is 0.115. The lowest BCUT2D eigenvalue weighted by atomic mass is 10.1. The van der Waals surface area contributed by atoms with E-state index in [0.717, 1.165) is 12.8 Å². The molecule has 0 aromatic rings. The van der Waals surface area contributed by atoms with Crippen LogP contribution in [0.5, 0.6) is 0 Å². The van der Waals surface area contributed by atoms with Crippen LogP contribution >= 0.6 is 0 Å². The van der Waals surface area contributed by atoms with Gasteiger partial charge in [-0.05, 0) is 40.5 Å². The highest BCUT2D eigenvalue weighted by atomic mass is 16.6. The van der Waals surface area contributed by atoms with Gasteiger partial charge in [0.25, 0.3) is 0 Å². The highest BCUT2D eigenvalue weighted by Crippen LogP contribution is 2.12. The number of nitrogens with zero attached hydrogens (tertiary/aromatic N) is 2. The van der Waals surface area contributed by atoms with Crippen LogP contribution in [-0.4, -0.2) is 65.5 Å². The van der Waals surface area contributed by atoms with Crippen LogP contribution in [0.1, 0.15) is 47.0 Å². The molecular weight excluding hydrogens is 322 g/mol. The van der Waals surface area contributed by atoms with Gasteiger partial charge in [-0.3, -0.25) is 14.5 Å². The first-order valence-corrected chi connectivity index (χ1v) is 8.55. The van der Waals surface area contributed by atoms with Crippen molar-refractivity contribution in [3.8, 4) is 12.3 Å². The van der Waals surface area contributed by atoms with Crippen molar-refractivity contribution in [1.29, 1.82) is 0 Å². The number of hydrogen-bond donors (Lipinski definition) is 1. The number of ether oxygens (including phenoxy) is 1. The Balaban J connectivity index is 2.70. The molecule has 1 aliphatic heterocycles. The van der Waals surface area contributed by atoms with Crippen LogP contribution < -0.4 is 5.32 Å². The molecule has 0 saturated carbocycles. The van der Waals surface area contributed by atoms with E-state index in [-0.39, 0.29) is 12.3 Å². The zero-order chi connectivity index (χ0) is 19.2. The SMILES string of the molecule is C#CC[C@H](NC(=O)[C@H](C)N(C)C(=O)OC(C)(C)C)C(=O)N1CCCC1. The summed E-state index contributed by atoms with van der Waals surface area (Å²) in [5.41, 5.74) is -0.654. The van der Waals surface area contributed by atoms with E-state index in [1.165, 1.54) is 11.9 Å². The highest BCUT2D eigenvalue weighted by Gasteiger charge is 2.31. The maximum Gasteiger partial charge on any atom is 0.410 e. The van der Waals surface area contributed by atoms with Crippen LogP contribution in [0, 0.1) is 12.3 Å². The van der Waals surface area contributed by atoms with Crippen molar-refractivity contribution in [2.24, 2.45) is 0 Å². The number of likely N-dealkylation sites (N-methyl/N-ethyl adjacent to an activating group) is 1. The zero-order valence-corrected chi connectivity index (χ0v) is 15.8. The van der Waals surface area contributed by atoms with Gasteiger partial charge in [0.05, 0.1) is 0 Å². The molecule has 1 fully saturated rings. The van der Waals surface area contributed by atoms with Gasteiger partial charge in [-0.2, -0.15) is 0 Å². The summed E-state index contributed by atoms with van der Waals surface area (Å²) >= 11 is 0. The van der Waals surface area contributed by atoms with E-state index in [9.17, 15) is 14.4 Å². The van der Waals surface area contributed by atoms with Gasteiger partial charge in [-0.15, -0.1) is 12.3 Å². The number of carbonyl (C=O) groups excluding carboxylic acids is 3. The Labute approximate surface area is 150 Å². The molecule has 7 heteroatoms. The van der Waals surface area contributed by atoms with Crippen molar-refractivity contribution in [3.05, 3.63) is 0 Å². The summed E-state index contributed by atoms with van der Waals surface area (Å²) in [5, 5.41) is 2.67. The molecule has 0 bridgehead atoms. The Morgan fingerprint density at radius 1 is 1.28 bits per heavy atom. The molecule has 0 aliphatic carbocycles. The predicted octanol–water partition coefficient (Wildman–Crippen LogP) is 1.37. The van der Waals surface area contributed by atoms with E-state index >= 15 is 0 Å². The Bertz CT molecular complexity index is 542. The van der Waals surface area contributed by atoms with E-state index in [1.54, 1.807) is 32.6 Å². The molecule has 1 aliphatic rings. The van der Waals surface area contributed by atoms with Gasteiger partial charge >= 0.3 is 6.09 Å². The molecule has 0 radical (unpaired) electrons. The van der Waals surface area contributed by atoms with Crippen LogP contribution in [0.3, 0.4) is 0 Å². The second-order valence-electron chi connectivity index (χ2n) is 7.27. The summed E-state index contributed by atoms with van der Waals surface area (Å²) in [6.07, 6.45) is 6.77. The number of terminal acetylenes is 1. The van der Waals surface area contributed by atoms with E-state index < -0.39 is 29.7 Å². The summed E-state index contributed by atoms with van der Waals surface area (Å²) < 4.78 is 5.25. The Morgan fingerprint density at radius 3 is 2.32 bits per heavy atom. The van der Waals surface area contributed by atoms with E-state index in [4.69, 9.17) is 11.2 Å². The van der Waals surface area contributed by atoms with Crippen molar-refractivity contribution in [3.63, 3.8) is 0 Å². The summed E-state index contributed by atoms with van der Waals surface area (Å²) in [4.78, 5) is 39.9. The maximum atomic E-state index is 12.5. The van der Waals surface area contributed by atoms with Gasteiger partial charge < -0.3 is 15.0 Å². The average Bonchev–Trinajstić information content (AvgIpc) is 3.04. The van der Waals surface area contributed by atoms with Crippen molar-refractivity contribution < 1.29 is 19.1 Å². The second kappa shape index (κ2) is 8.75. The quantitative estimate of drug-likeness (QED) is 0.759. The van der Waals surface area contributed by atoms with E-state index in [0.29, 0.717) is 13.1 Å². The molecule has 0 unspecified atom stereocenters. The standard InChI is InChI=1S/C18H29N3O4/c1-7-10-14(16(23)21-11-8-9-12-21)19-15(22)13(2)20(6)17(24)25-18(3,4)5/h1,13-14H,8-12H2,2-6H3,(H,19,22)/t13-,14-/m0/s1. The minimum atomic E-state index is -0.790. The van der Waals surface area contributed by atoms with Gasteiger partial charge in [0, 0.05) is 26.6 Å². The van der Waals surface area contributed by atoms with Crippen molar-refractivity contribution in [1.82, 2.24) is 15.1 Å². The molecule has 0 spiro atoms. The minimum Gasteiger partial charge on any atom is -0.444 e. The third-order valence-electron chi connectivity index (χ3n) is 4.00. The first-order chi connectivity index (χ1) is 11.6. The lowest BCUT2D eigenvalue weighted by Gasteiger charge is -2.29. The summed E-state index contributed by atoms with van der Waals surface area (Å²) in [6.45, 7) is 8.20. The highest BCUT2D eigenvalue weighted by molar-refractivity contribution is 5.91. The van der Waals surface area contributed by atoms with Crippen LogP contribution in [-0.2, 0) is 14.3 Å². The van der Waals surface area contributed by atoms with Crippen LogP contribution in [0.15, 0.2) is 0 Å². The first kappa shape index (κ1) is 20.8. The number of amides is 3. The van der Waals surface area contributed by atoms with Crippen molar-refractivity contribution in [2.45, 2.75) is 64.6 Å². The lowest BCUT2D eigenvalue weighted by molar-refractivity contribution is -0.136. The largest absolute Gasteiger partial charge is 0.444 e. The Hall–Kier alpha value is -2.23. The fraction of sp³-hybridized carbons (Fsp3) is 0.722. The Kier molecular flexibility index (Phi) is 7.28. The molecule has 0 aromatic carbocycles. The second-order valence-corrected chi connectivity index (χ2v) is 7.27. The molecule has 1 heterocycles. The number of nitrogens with one attached hydrogen (secondary N) is 1. The molecular formula is C18H29N3O4. The van der Waals surface area contributed by atoms with Gasteiger partial charge in [0.15, 0.2) is 0 Å². The fourth-order valence-electron chi connectivity index (χ4n) is 2.44. The van der Waals surface area contributed by atoms with Gasteiger partial charge in [0.2, 0.25) is 11.8 Å². The molecule has 3 amide bonds. The van der Waals surface area contributed by atoms with Crippen LogP contribution in [0.4, 0.5) is 4.79 Å². The third kappa shape index (κ3) is 6.29. The van der Waals surface area contributed by atoms with Gasteiger partial charge in [-0.25, -0.2) is 4.79 Å². The number of likely N-dealkylation sites (tertiary alicyclic amines) is 1. The fourth-order valence-corrected chi connectivity index (χ4v) is 2.44. The first-order valence-electron chi connectivity index (χ1n) is 8.55. The van der Waals surface area contributed by atoms with E-state index in [1.807, 2.05) is 0 Å². The van der Waals surface area contributed by atoms with Gasteiger partial charge in [0.1, 0.15) is 17.7 Å². The molecule has 1 saturated heterocycles. The van der Waals surface area contributed by atoms with Crippen LogP contribution in [0.25, 0.3) is 0 Å². The molecule has 0 aromatic heterocycles. The molecule has 2 atom stereocenters. The Morgan fingerprint density at radius 2 is 1.84 bits per heavy atom. The zero-order valence-electron chi connectivity index (χ0n) is 15.8. The number of hydrogen-bond acceptors (Lipinski definition) is 4. The third-order valence-corrected chi connectivity index (χ3v) is 4.00. The smallest absolute Gasteiger partial charge is 0.410 e. The molecule has 25 heavy (non-hydrogen) atoms. The number of rotatable bonds is 5. The monoisotopic (exact) mass is 351 g/mol. The normalized spacial score (nSPS) is 16.6. The van der Waals surface area contributed by atoms with E-state index in [2.05, 4.69) is 11.2 Å². The summed E-state index contributed by atoms with van der Waals surface area (Å²) in [6, 6.07) is -1.56. The van der Waals surface area contributed by atoms with Gasteiger partial charge in [-0.1, -0.05) is 0 Å². The summed E-state index contributed by atoms with van der Waals surface area (Å²) in [7, 11) is 1.48. The number of carbonyl (C=O) groups is 3. The molecule has 7 nitrogen and oxygen atoms in total. The molecule has 140 valence electrons. The van der Waals surface area contributed by atoms with Crippen molar-refractivity contribution >= 4 is 17.9 Å². The maximum absolute atomic E-state index is 12.5. The van der Waals surface area contributed by atoms with Crippen LogP contribution in [0.2, 0.25) is 0 Å². The predicted molar refractivity (Wildman–Crippen MR) is 94.7 cm³/mol. The van der Waals surface area contributed by atoms with Crippen molar-refractivity contribution in [2.75, 3.05) is 20.1 Å². The topological polar surface area (TPSA) is 79.0 Å². The average molecular weight is 351 g/mol. The summed E-state index contributed by atoms with van der Waals surface area (Å²) in [5.74, 6) is 1.82.